The molecular weight excluding hydrogens is 265 g/mol. The smallest absolute Gasteiger partial charge is 0.0600 e. The molecule has 92 valence electrons. The molecule has 0 saturated carbocycles. The fourth-order valence-electron chi connectivity index (χ4n) is 2.54. The van der Waals surface area contributed by atoms with E-state index in [0.717, 1.165) is 13.0 Å². The van der Waals surface area contributed by atoms with Crippen molar-refractivity contribution < 1.29 is 0 Å². The summed E-state index contributed by atoms with van der Waals surface area (Å²) in [5, 5.41) is 0. The number of aryl methyl sites for hydroxylation is 1. The second-order valence-electron chi connectivity index (χ2n) is 4.36. The van der Waals surface area contributed by atoms with Gasteiger partial charge in [0.1, 0.15) is 0 Å². The Morgan fingerprint density at radius 3 is 3.00 bits per heavy atom. The van der Waals surface area contributed by atoms with Crippen LogP contribution in [0.25, 0.3) is 0 Å². The van der Waals surface area contributed by atoms with Gasteiger partial charge >= 0.3 is 0 Å². The van der Waals surface area contributed by atoms with E-state index in [0.29, 0.717) is 6.04 Å². The number of piperidine rings is 1. The Morgan fingerprint density at radius 2 is 2.24 bits per heavy atom. The van der Waals surface area contributed by atoms with Gasteiger partial charge in [0.15, 0.2) is 0 Å². The van der Waals surface area contributed by atoms with Gasteiger partial charge in [0.05, 0.1) is 6.56 Å². The lowest BCUT2D eigenvalue weighted by atomic mass is 9.93. The molecule has 4 heteroatoms. The number of benzene rings is 1. The van der Waals surface area contributed by atoms with Crippen LogP contribution in [0.2, 0.25) is 0 Å². The molecule has 0 bridgehead atoms. The quantitative estimate of drug-likeness (QED) is 0.580. The van der Waals surface area contributed by atoms with Gasteiger partial charge in [0.2, 0.25) is 0 Å². The average Bonchev–Trinajstić information content (AvgIpc) is 2.40. The number of nitrogens with zero attached hydrogens (tertiary/aromatic N) is 1. The second-order valence-corrected chi connectivity index (χ2v) is 7.42. The highest BCUT2D eigenvalue weighted by Gasteiger charge is 2.25. The van der Waals surface area contributed by atoms with E-state index in [2.05, 4.69) is 35.5 Å². The Balaban J connectivity index is 2.25. The molecule has 1 saturated heterocycles. The summed E-state index contributed by atoms with van der Waals surface area (Å²) in [5.41, 5.74) is 3.01. The molecule has 17 heavy (non-hydrogen) atoms. The van der Waals surface area contributed by atoms with E-state index in [1.807, 2.05) is 0 Å². The summed E-state index contributed by atoms with van der Waals surface area (Å²) >= 11 is 6.89. The third-order valence-electron chi connectivity index (χ3n) is 3.39. The molecule has 0 spiro atoms. The van der Waals surface area contributed by atoms with Gasteiger partial charge in [-0.2, -0.15) is 0 Å². The summed E-state index contributed by atoms with van der Waals surface area (Å²) in [4.78, 5) is 0. The van der Waals surface area contributed by atoms with Crippen molar-refractivity contribution in [2.75, 3.05) is 6.54 Å². The van der Waals surface area contributed by atoms with Crippen LogP contribution in [0.3, 0.4) is 0 Å². The predicted octanol–water partition coefficient (Wildman–Crippen LogP) is 4.75. The van der Waals surface area contributed by atoms with E-state index in [4.69, 9.17) is 11.8 Å². The maximum Gasteiger partial charge on any atom is 0.0600 e. The highest BCUT2D eigenvalue weighted by molar-refractivity contribution is 8.56. The van der Waals surface area contributed by atoms with Crippen LogP contribution in [-0.4, -0.2) is 10.8 Å². The van der Waals surface area contributed by atoms with Gasteiger partial charge in [-0.05, 0) is 53.8 Å². The first-order valence-electron chi connectivity index (χ1n) is 6.21. The van der Waals surface area contributed by atoms with Crippen LogP contribution in [0, 0.1) is 0 Å². The van der Waals surface area contributed by atoms with Crippen molar-refractivity contribution in [3.63, 3.8) is 0 Å². The Labute approximate surface area is 115 Å². The SMILES string of the molecule is CCc1ccccc1C1CCCCN1SP=S. The molecule has 1 aliphatic heterocycles. The second kappa shape index (κ2) is 6.84. The molecule has 1 atom stereocenters. The average molecular weight is 283 g/mol. The van der Waals surface area contributed by atoms with E-state index in [9.17, 15) is 0 Å². The lowest BCUT2D eigenvalue weighted by molar-refractivity contribution is 0.280. The zero-order valence-electron chi connectivity index (χ0n) is 10.1. The summed E-state index contributed by atoms with van der Waals surface area (Å²) in [5.74, 6) is 0. The normalized spacial score (nSPS) is 21.8. The highest BCUT2D eigenvalue weighted by atomic mass is 32.9. The van der Waals surface area contributed by atoms with Crippen molar-refractivity contribution in [3.05, 3.63) is 35.4 Å². The van der Waals surface area contributed by atoms with Crippen LogP contribution in [0.1, 0.15) is 43.4 Å². The minimum Gasteiger partial charge on any atom is -0.235 e. The minimum atomic E-state index is 0.570. The molecule has 1 aromatic rings. The zero-order chi connectivity index (χ0) is 12.1. The first-order chi connectivity index (χ1) is 8.36. The summed E-state index contributed by atoms with van der Waals surface area (Å²) < 4.78 is 2.49. The van der Waals surface area contributed by atoms with Crippen LogP contribution in [0.5, 0.6) is 0 Å². The van der Waals surface area contributed by atoms with Crippen LogP contribution < -0.4 is 0 Å². The third kappa shape index (κ3) is 3.29. The minimum absolute atomic E-state index is 0.570. The molecule has 1 heterocycles. The summed E-state index contributed by atoms with van der Waals surface area (Å²) in [7, 11) is 0. The molecule has 0 aliphatic carbocycles. The van der Waals surface area contributed by atoms with Crippen molar-refractivity contribution in [2.45, 2.75) is 38.6 Å². The van der Waals surface area contributed by atoms with Gasteiger partial charge < -0.3 is 0 Å². The van der Waals surface area contributed by atoms with Crippen molar-refractivity contribution in [1.82, 2.24) is 4.31 Å². The van der Waals surface area contributed by atoms with Gasteiger partial charge in [0.25, 0.3) is 0 Å². The van der Waals surface area contributed by atoms with Crippen molar-refractivity contribution in [2.24, 2.45) is 0 Å². The van der Waals surface area contributed by atoms with E-state index >= 15 is 0 Å². The molecule has 1 fully saturated rings. The monoisotopic (exact) mass is 283 g/mol. The first kappa shape index (κ1) is 13.5. The highest BCUT2D eigenvalue weighted by Crippen LogP contribution is 2.40. The predicted molar refractivity (Wildman–Crippen MR) is 81.0 cm³/mol. The van der Waals surface area contributed by atoms with E-state index in [1.165, 1.54) is 36.9 Å². The number of hydrogen-bond acceptors (Lipinski definition) is 3. The van der Waals surface area contributed by atoms with Crippen molar-refractivity contribution >= 4 is 29.9 Å². The standard InChI is InChI=1S/C13H18NPS2/c1-2-11-7-3-4-8-12(11)13-9-5-6-10-14(13)17-15-16/h3-4,7-8,13H,2,5-6,9-10H2,1H3. The summed E-state index contributed by atoms with van der Waals surface area (Å²) in [6.07, 6.45) is 5.04. The third-order valence-corrected chi connectivity index (χ3v) is 5.53. The maximum atomic E-state index is 5.09. The van der Waals surface area contributed by atoms with E-state index in [1.54, 1.807) is 11.6 Å². The topological polar surface area (TPSA) is 3.24 Å². The van der Waals surface area contributed by atoms with Gasteiger partial charge in [-0.3, -0.25) is 0 Å². The lowest BCUT2D eigenvalue weighted by Crippen LogP contribution is -2.27. The molecule has 1 aromatic carbocycles. The number of hydrogen-bond donors (Lipinski definition) is 0. The van der Waals surface area contributed by atoms with E-state index in [-0.39, 0.29) is 0 Å². The largest absolute Gasteiger partial charge is 0.235 e. The van der Waals surface area contributed by atoms with Crippen LogP contribution in [-0.2, 0) is 18.2 Å². The van der Waals surface area contributed by atoms with Crippen LogP contribution in [0.15, 0.2) is 24.3 Å². The van der Waals surface area contributed by atoms with Crippen LogP contribution >= 0.6 is 18.1 Å². The molecule has 0 amide bonds. The molecule has 0 N–H and O–H groups in total. The van der Waals surface area contributed by atoms with Gasteiger partial charge in [-0.25, -0.2) is 4.31 Å². The fraction of sp³-hybridized carbons (Fsp3) is 0.538. The Kier molecular flexibility index (Phi) is 5.43. The summed E-state index contributed by atoms with van der Waals surface area (Å²) in [6.45, 7) is 4.41. The zero-order valence-corrected chi connectivity index (χ0v) is 12.7. The molecule has 0 radical (unpaired) electrons. The van der Waals surface area contributed by atoms with Crippen molar-refractivity contribution in [3.8, 4) is 0 Å². The van der Waals surface area contributed by atoms with Gasteiger partial charge in [-0.1, -0.05) is 37.6 Å². The fourth-order valence-corrected chi connectivity index (χ4v) is 4.78. The van der Waals surface area contributed by atoms with Gasteiger partial charge in [-0.15, -0.1) is 0 Å². The van der Waals surface area contributed by atoms with E-state index < -0.39 is 0 Å². The summed E-state index contributed by atoms with van der Waals surface area (Å²) in [6, 6.07) is 9.44. The first-order valence-corrected chi connectivity index (χ1v) is 9.49. The van der Waals surface area contributed by atoms with Gasteiger partial charge in [0, 0.05) is 12.6 Å². The number of rotatable bonds is 4. The Morgan fingerprint density at radius 1 is 1.41 bits per heavy atom. The van der Waals surface area contributed by atoms with Crippen molar-refractivity contribution in [1.29, 1.82) is 0 Å². The molecule has 0 aromatic heterocycles. The Bertz CT molecular complexity index is 383. The molecular formula is C13H18NPS2. The molecule has 1 unspecified atom stereocenters. The Hall–Kier alpha value is 0.0500. The lowest BCUT2D eigenvalue weighted by Gasteiger charge is -2.34. The maximum absolute atomic E-state index is 5.09. The molecule has 1 nitrogen and oxygen atoms in total. The molecule has 2 rings (SSSR count). The molecule has 1 aliphatic rings. The van der Waals surface area contributed by atoms with Crippen LogP contribution in [0.4, 0.5) is 0 Å².